The number of pyridine rings is 2. The summed E-state index contributed by atoms with van der Waals surface area (Å²) in [5.74, 6) is -1.54. The molecule has 1 aromatic carbocycles. The molecule has 3 heterocycles. The van der Waals surface area contributed by atoms with Gasteiger partial charge in [-0.05, 0) is 41.3 Å². The summed E-state index contributed by atoms with van der Waals surface area (Å²) < 4.78 is 0. The Hall–Kier alpha value is -3.80. The normalized spacial score (nSPS) is 18.0. The minimum Gasteiger partial charge on any atom is -0.507 e. The predicted octanol–water partition coefficient (Wildman–Crippen LogP) is 3.66. The Kier molecular flexibility index (Phi) is 5.39. The molecule has 1 N–H and O–H groups in total. The van der Waals surface area contributed by atoms with Crippen LogP contribution < -0.4 is 0 Å². The highest BCUT2D eigenvalue weighted by molar-refractivity contribution is 6.46. The van der Waals surface area contributed by atoms with Gasteiger partial charge >= 0.3 is 0 Å². The van der Waals surface area contributed by atoms with Crippen LogP contribution in [-0.2, 0) is 22.6 Å². The van der Waals surface area contributed by atoms with Gasteiger partial charge in [-0.3, -0.25) is 19.6 Å². The SMILES string of the molecule is CCc1ccc(C2C(=C(O)c3ccncc3)C(=O)C(=O)N2Cc2cccnc2)cc1. The first-order valence-corrected chi connectivity index (χ1v) is 9.76. The Labute approximate surface area is 174 Å². The van der Waals surface area contributed by atoms with E-state index in [9.17, 15) is 14.7 Å². The summed E-state index contributed by atoms with van der Waals surface area (Å²) in [4.78, 5) is 35.5. The maximum absolute atomic E-state index is 13.0. The van der Waals surface area contributed by atoms with Crippen molar-refractivity contribution in [2.75, 3.05) is 0 Å². The number of carbonyl (C=O) groups excluding carboxylic acids is 2. The van der Waals surface area contributed by atoms with E-state index in [0.717, 1.165) is 23.1 Å². The highest BCUT2D eigenvalue weighted by Gasteiger charge is 2.46. The Bertz CT molecular complexity index is 1090. The van der Waals surface area contributed by atoms with Gasteiger partial charge in [0.1, 0.15) is 5.76 Å². The molecule has 0 saturated carbocycles. The maximum Gasteiger partial charge on any atom is 0.295 e. The molecule has 0 radical (unpaired) electrons. The number of Topliss-reactive ketones (excluding diaryl/α,β-unsaturated/α-hetero) is 1. The highest BCUT2D eigenvalue weighted by Crippen LogP contribution is 2.40. The molecule has 6 nitrogen and oxygen atoms in total. The fourth-order valence-corrected chi connectivity index (χ4v) is 3.68. The van der Waals surface area contributed by atoms with Gasteiger partial charge in [-0.2, -0.15) is 0 Å². The van der Waals surface area contributed by atoms with Crippen LogP contribution in [0.5, 0.6) is 0 Å². The van der Waals surface area contributed by atoms with Crippen molar-refractivity contribution in [1.29, 1.82) is 0 Å². The molecule has 1 saturated heterocycles. The summed E-state index contributed by atoms with van der Waals surface area (Å²) in [6.45, 7) is 2.28. The molecule has 2 aromatic heterocycles. The number of hydrogen-bond donors (Lipinski definition) is 1. The van der Waals surface area contributed by atoms with Gasteiger partial charge in [-0.1, -0.05) is 37.3 Å². The second-order valence-corrected chi connectivity index (χ2v) is 7.12. The van der Waals surface area contributed by atoms with E-state index in [0.29, 0.717) is 5.56 Å². The number of likely N-dealkylation sites (tertiary alicyclic amines) is 1. The number of benzene rings is 1. The number of ketones is 1. The lowest BCUT2D eigenvalue weighted by atomic mass is 9.94. The molecule has 150 valence electrons. The van der Waals surface area contributed by atoms with E-state index < -0.39 is 17.7 Å². The number of hydrogen-bond acceptors (Lipinski definition) is 5. The molecule has 1 aliphatic heterocycles. The predicted molar refractivity (Wildman–Crippen MR) is 112 cm³/mol. The van der Waals surface area contributed by atoms with Crippen molar-refractivity contribution in [3.63, 3.8) is 0 Å². The third-order valence-electron chi connectivity index (χ3n) is 5.27. The lowest BCUT2D eigenvalue weighted by Crippen LogP contribution is -2.29. The van der Waals surface area contributed by atoms with Crippen molar-refractivity contribution in [1.82, 2.24) is 14.9 Å². The van der Waals surface area contributed by atoms with Crippen LogP contribution in [0.4, 0.5) is 0 Å². The van der Waals surface area contributed by atoms with Gasteiger partial charge in [0.05, 0.1) is 11.6 Å². The number of carbonyl (C=O) groups is 2. The maximum atomic E-state index is 13.0. The Morgan fingerprint density at radius 3 is 2.33 bits per heavy atom. The molecule has 1 atom stereocenters. The lowest BCUT2D eigenvalue weighted by molar-refractivity contribution is -0.140. The molecular formula is C24H21N3O3. The molecule has 0 bridgehead atoms. The van der Waals surface area contributed by atoms with Crippen molar-refractivity contribution in [3.05, 3.63) is 101 Å². The van der Waals surface area contributed by atoms with Crippen LogP contribution >= 0.6 is 0 Å². The van der Waals surface area contributed by atoms with E-state index in [1.165, 1.54) is 17.3 Å². The molecule has 30 heavy (non-hydrogen) atoms. The van der Waals surface area contributed by atoms with Gasteiger partial charge < -0.3 is 10.0 Å². The number of rotatable bonds is 5. The van der Waals surface area contributed by atoms with Crippen LogP contribution in [0.2, 0.25) is 0 Å². The van der Waals surface area contributed by atoms with E-state index in [1.807, 2.05) is 30.3 Å². The average molecular weight is 399 g/mol. The Morgan fingerprint density at radius 2 is 1.70 bits per heavy atom. The molecule has 0 aliphatic carbocycles. The van der Waals surface area contributed by atoms with Crippen molar-refractivity contribution < 1.29 is 14.7 Å². The fraction of sp³-hybridized carbons (Fsp3) is 0.167. The van der Waals surface area contributed by atoms with E-state index in [1.54, 1.807) is 30.6 Å². The number of aryl methyl sites for hydroxylation is 1. The van der Waals surface area contributed by atoms with E-state index in [4.69, 9.17) is 0 Å². The second-order valence-electron chi connectivity index (χ2n) is 7.12. The highest BCUT2D eigenvalue weighted by atomic mass is 16.3. The summed E-state index contributed by atoms with van der Waals surface area (Å²) in [5, 5.41) is 11.0. The largest absolute Gasteiger partial charge is 0.507 e. The van der Waals surface area contributed by atoms with Gasteiger partial charge in [0.15, 0.2) is 0 Å². The summed E-state index contributed by atoms with van der Waals surface area (Å²) in [5.41, 5.74) is 3.25. The Balaban J connectivity index is 1.85. The van der Waals surface area contributed by atoms with Gasteiger partial charge in [-0.25, -0.2) is 0 Å². The van der Waals surface area contributed by atoms with Crippen molar-refractivity contribution in [3.8, 4) is 0 Å². The third-order valence-corrected chi connectivity index (χ3v) is 5.27. The first kappa shape index (κ1) is 19.5. The van der Waals surface area contributed by atoms with Gasteiger partial charge in [0.2, 0.25) is 0 Å². The first-order valence-electron chi connectivity index (χ1n) is 9.76. The lowest BCUT2D eigenvalue weighted by Gasteiger charge is -2.25. The van der Waals surface area contributed by atoms with E-state index >= 15 is 0 Å². The summed E-state index contributed by atoms with van der Waals surface area (Å²) in [7, 11) is 0. The van der Waals surface area contributed by atoms with E-state index in [2.05, 4.69) is 16.9 Å². The van der Waals surface area contributed by atoms with Gasteiger partial charge in [0.25, 0.3) is 11.7 Å². The van der Waals surface area contributed by atoms with Crippen LogP contribution in [0.25, 0.3) is 5.76 Å². The van der Waals surface area contributed by atoms with Crippen LogP contribution in [0, 0.1) is 0 Å². The summed E-state index contributed by atoms with van der Waals surface area (Å²) in [6.07, 6.45) is 7.27. The van der Waals surface area contributed by atoms with Gasteiger partial charge in [-0.15, -0.1) is 0 Å². The fourth-order valence-electron chi connectivity index (χ4n) is 3.68. The summed E-state index contributed by atoms with van der Waals surface area (Å²) in [6, 6.07) is 13.9. The number of aliphatic hydroxyl groups is 1. The number of aromatic nitrogens is 2. The quantitative estimate of drug-likeness (QED) is 0.402. The van der Waals surface area contributed by atoms with Crippen molar-refractivity contribution in [2.45, 2.75) is 25.9 Å². The van der Waals surface area contributed by atoms with Gasteiger partial charge in [0, 0.05) is 36.9 Å². The zero-order valence-electron chi connectivity index (χ0n) is 16.5. The van der Waals surface area contributed by atoms with Crippen LogP contribution in [0.3, 0.4) is 0 Å². The molecular weight excluding hydrogens is 378 g/mol. The standard InChI is InChI=1S/C24H21N3O3/c1-2-16-5-7-18(8-6-16)21-20(22(28)19-9-12-25-13-10-19)23(29)24(30)27(21)15-17-4-3-11-26-14-17/h3-14,21,28H,2,15H2,1H3. The molecule has 6 heteroatoms. The second kappa shape index (κ2) is 8.29. The van der Waals surface area contributed by atoms with Crippen molar-refractivity contribution in [2.24, 2.45) is 0 Å². The average Bonchev–Trinajstić information content (AvgIpc) is 3.05. The molecule has 3 aromatic rings. The third kappa shape index (κ3) is 3.59. The molecule has 0 spiro atoms. The van der Waals surface area contributed by atoms with Crippen LogP contribution in [0.15, 0.2) is 78.9 Å². The minimum absolute atomic E-state index is 0.0827. The van der Waals surface area contributed by atoms with Crippen LogP contribution in [-0.4, -0.2) is 31.7 Å². The van der Waals surface area contributed by atoms with Crippen LogP contribution in [0.1, 0.15) is 35.2 Å². The molecule has 1 unspecified atom stereocenters. The molecule has 1 aliphatic rings. The topological polar surface area (TPSA) is 83.4 Å². The van der Waals surface area contributed by atoms with Crippen molar-refractivity contribution >= 4 is 17.4 Å². The smallest absolute Gasteiger partial charge is 0.295 e. The monoisotopic (exact) mass is 399 g/mol. The number of amides is 1. The molecule has 1 amide bonds. The zero-order valence-corrected chi connectivity index (χ0v) is 16.5. The minimum atomic E-state index is -0.697. The molecule has 1 fully saturated rings. The number of aliphatic hydroxyl groups excluding tert-OH is 1. The number of nitrogens with zero attached hydrogens (tertiary/aromatic N) is 3. The first-order chi connectivity index (χ1) is 14.6. The Morgan fingerprint density at radius 1 is 0.967 bits per heavy atom. The van der Waals surface area contributed by atoms with E-state index in [-0.39, 0.29) is 17.9 Å². The molecule has 4 rings (SSSR count). The summed E-state index contributed by atoms with van der Waals surface area (Å²) >= 11 is 0. The zero-order chi connectivity index (χ0) is 21.1.